The first kappa shape index (κ1) is 12.4. The summed E-state index contributed by atoms with van der Waals surface area (Å²) in [6, 6.07) is 6.78. The van der Waals surface area contributed by atoms with E-state index in [2.05, 4.69) is 15.6 Å². The Balaban J connectivity index is 1.80. The van der Waals surface area contributed by atoms with Gasteiger partial charge >= 0.3 is 0 Å². The fourth-order valence-corrected chi connectivity index (χ4v) is 2.33. The minimum atomic E-state index is -0.658. The minimum absolute atomic E-state index is 0.241. The van der Waals surface area contributed by atoms with Crippen LogP contribution in [0.15, 0.2) is 30.5 Å². The van der Waals surface area contributed by atoms with Gasteiger partial charge in [-0.05, 0) is 12.5 Å². The van der Waals surface area contributed by atoms with Crippen molar-refractivity contribution in [2.24, 2.45) is 0 Å². The molecule has 1 aliphatic rings. The van der Waals surface area contributed by atoms with Gasteiger partial charge in [0.1, 0.15) is 6.04 Å². The van der Waals surface area contributed by atoms with E-state index < -0.39 is 11.9 Å². The Morgan fingerprint density at radius 2 is 2.05 bits per heavy atom. The molecule has 2 heterocycles. The fourth-order valence-electron chi connectivity index (χ4n) is 2.33. The molecule has 0 saturated carbocycles. The van der Waals surface area contributed by atoms with E-state index in [1.54, 1.807) is 6.20 Å². The number of rotatable bonds is 2. The van der Waals surface area contributed by atoms with Crippen molar-refractivity contribution in [2.75, 3.05) is 0 Å². The van der Waals surface area contributed by atoms with Crippen molar-refractivity contribution in [1.82, 2.24) is 15.6 Å². The maximum absolute atomic E-state index is 12.2. The minimum Gasteiger partial charge on any atom is -0.360 e. The number of fused-ring (bicyclic) bond motifs is 1. The molecule has 0 radical (unpaired) electrons. The number of hydrogen-bond acceptors (Lipinski definition) is 3. The molecule has 1 fully saturated rings. The monoisotopic (exact) mass is 271 g/mol. The molecule has 1 aromatic carbocycles. The third-order valence-electron chi connectivity index (χ3n) is 3.38. The second-order valence-electron chi connectivity index (χ2n) is 4.73. The first-order valence-electron chi connectivity index (χ1n) is 6.36. The Labute approximate surface area is 114 Å². The number of carbonyl (C=O) groups is 3. The van der Waals surface area contributed by atoms with Crippen LogP contribution in [0.3, 0.4) is 0 Å². The van der Waals surface area contributed by atoms with Crippen LogP contribution >= 0.6 is 0 Å². The molecule has 3 amide bonds. The maximum atomic E-state index is 12.2. The largest absolute Gasteiger partial charge is 0.360 e. The molecule has 20 heavy (non-hydrogen) atoms. The summed E-state index contributed by atoms with van der Waals surface area (Å²) in [6.45, 7) is 0. The number of aromatic nitrogens is 1. The summed E-state index contributed by atoms with van der Waals surface area (Å²) in [4.78, 5) is 37.9. The molecular formula is C14H13N3O3. The SMILES string of the molecule is O=C1CC[C@@H](NC(=O)c2c[nH]c3ccccc23)C(=O)N1. The summed E-state index contributed by atoms with van der Waals surface area (Å²) in [5.41, 5.74) is 1.35. The first-order chi connectivity index (χ1) is 9.65. The zero-order chi connectivity index (χ0) is 14.1. The molecule has 1 atom stereocenters. The van der Waals surface area contributed by atoms with Gasteiger partial charge in [0, 0.05) is 23.5 Å². The van der Waals surface area contributed by atoms with Gasteiger partial charge in [-0.25, -0.2) is 0 Å². The van der Waals surface area contributed by atoms with Gasteiger partial charge < -0.3 is 10.3 Å². The molecule has 0 unspecified atom stereocenters. The third-order valence-corrected chi connectivity index (χ3v) is 3.38. The van der Waals surface area contributed by atoms with E-state index in [-0.39, 0.29) is 18.2 Å². The predicted molar refractivity (Wildman–Crippen MR) is 71.9 cm³/mol. The van der Waals surface area contributed by atoms with Crippen LogP contribution in [0.4, 0.5) is 0 Å². The summed E-state index contributed by atoms with van der Waals surface area (Å²) < 4.78 is 0. The number of imide groups is 1. The average molecular weight is 271 g/mol. The van der Waals surface area contributed by atoms with Crippen molar-refractivity contribution in [1.29, 1.82) is 0 Å². The Bertz CT molecular complexity index is 705. The van der Waals surface area contributed by atoms with Crippen molar-refractivity contribution in [3.8, 4) is 0 Å². The van der Waals surface area contributed by atoms with E-state index in [0.29, 0.717) is 12.0 Å². The van der Waals surface area contributed by atoms with Gasteiger partial charge in [-0.3, -0.25) is 19.7 Å². The topological polar surface area (TPSA) is 91.1 Å². The lowest BCUT2D eigenvalue weighted by atomic mass is 10.1. The van der Waals surface area contributed by atoms with Gasteiger partial charge in [0.05, 0.1) is 5.56 Å². The van der Waals surface area contributed by atoms with Crippen LogP contribution in [0.25, 0.3) is 10.9 Å². The van der Waals surface area contributed by atoms with E-state index >= 15 is 0 Å². The molecule has 6 nitrogen and oxygen atoms in total. The second kappa shape index (κ2) is 4.80. The first-order valence-corrected chi connectivity index (χ1v) is 6.36. The van der Waals surface area contributed by atoms with Crippen molar-refractivity contribution in [3.05, 3.63) is 36.0 Å². The normalized spacial score (nSPS) is 18.9. The number of carbonyl (C=O) groups excluding carboxylic acids is 3. The van der Waals surface area contributed by atoms with E-state index in [1.807, 2.05) is 24.3 Å². The highest BCUT2D eigenvalue weighted by molar-refractivity contribution is 6.09. The van der Waals surface area contributed by atoms with Crippen LogP contribution in [-0.2, 0) is 9.59 Å². The Hall–Kier alpha value is -2.63. The van der Waals surface area contributed by atoms with Gasteiger partial charge in [-0.15, -0.1) is 0 Å². The van der Waals surface area contributed by atoms with Crippen LogP contribution in [0, 0.1) is 0 Å². The van der Waals surface area contributed by atoms with E-state index in [9.17, 15) is 14.4 Å². The quantitative estimate of drug-likeness (QED) is 0.702. The lowest BCUT2D eigenvalue weighted by Crippen LogP contribution is -2.52. The van der Waals surface area contributed by atoms with E-state index in [4.69, 9.17) is 0 Å². The Morgan fingerprint density at radius 3 is 2.85 bits per heavy atom. The fraction of sp³-hybridized carbons (Fsp3) is 0.214. The summed E-state index contributed by atoms with van der Waals surface area (Å²) >= 11 is 0. The predicted octanol–water partition coefficient (Wildman–Crippen LogP) is 0.703. The summed E-state index contributed by atoms with van der Waals surface area (Å²) in [7, 11) is 0. The average Bonchev–Trinajstić information content (AvgIpc) is 2.86. The van der Waals surface area contributed by atoms with Gasteiger partial charge in [0.2, 0.25) is 11.8 Å². The molecule has 3 rings (SSSR count). The second-order valence-corrected chi connectivity index (χ2v) is 4.73. The van der Waals surface area contributed by atoms with Crippen LogP contribution in [-0.4, -0.2) is 28.7 Å². The molecule has 2 aromatic rings. The standard InChI is InChI=1S/C14H13N3O3/c18-12-6-5-11(14(20)17-12)16-13(19)9-7-15-10-4-2-1-3-8(9)10/h1-4,7,11,15H,5-6H2,(H,16,19)(H,17,18,20)/t11-/m1/s1. The number of aromatic amines is 1. The zero-order valence-electron chi connectivity index (χ0n) is 10.6. The molecule has 3 N–H and O–H groups in total. The van der Waals surface area contributed by atoms with Gasteiger partial charge in [-0.1, -0.05) is 18.2 Å². The van der Waals surface area contributed by atoms with Crippen LogP contribution in [0.2, 0.25) is 0 Å². The van der Waals surface area contributed by atoms with Gasteiger partial charge in [0.15, 0.2) is 0 Å². The lowest BCUT2D eigenvalue weighted by Gasteiger charge is -2.21. The number of piperidine rings is 1. The van der Waals surface area contributed by atoms with E-state index in [0.717, 1.165) is 10.9 Å². The number of H-pyrrole nitrogens is 1. The number of nitrogens with one attached hydrogen (secondary N) is 3. The molecule has 6 heteroatoms. The van der Waals surface area contributed by atoms with Crippen molar-refractivity contribution in [3.63, 3.8) is 0 Å². The van der Waals surface area contributed by atoms with Crippen molar-refractivity contribution in [2.45, 2.75) is 18.9 Å². The maximum Gasteiger partial charge on any atom is 0.254 e. The van der Waals surface area contributed by atoms with Crippen molar-refractivity contribution >= 4 is 28.6 Å². The Morgan fingerprint density at radius 1 is 1.25 bits per heavy atom. The molecule has 1 aromatic heterocycles. The molecule has 0 spiro atoms. The molecule has 102 valence electrons. The summed E-state index contributed by atoms with van der Waals surface area (Å²) in [5, 5.41) is 5.68. The highest BCUT2D eigenvalue weighted by Crippen LogP contribution is 2.18. The van der Waals surface area contributed by atoms with Crippen LogP contribution in [0.1, 0.15) is 23.2 Å². The van der Waals surface area contributed by atoms with Crippen molar-refractivity contribution < 1.29 is 14.4 Å². The third kappa shape index (κ3) is 2.16. The summed E-state index contributed by atoms with van der Waals surface area (Å²) in [5.74, 6) is -1.07. The van der Waals surface area contributed by atoms with Gasteiger partial charge in [0.25, 0.3) is 5.91 Å². The lowest BCUT2D eigenvalue weighted by molar-refractivity contribution is -0.134. The number of para-hydroxylation sites is 1. The number of hydrogen-bond donors (Lipinski definition) is 3. The molecule has 1 saturated heterocycles. The van der Waals surface area contributed by atoms with Crippen LogP contribution < -0.4 is 10.6 Å². The molecule has 0 bridgehead atoms. The molecular weight excluding hydrogens is 258 g/mol. The van der Waals surface area contributed by atoms with Gasteiger partial charge in [-0.2, -0.15) is 0 Å². The molecule has 1 aliphatic heterocycles. The summed E-state index contributed by atoms with van der Waals surface area (Å²) in [6.07, 6.45) is 2.19. The molecule has 0 aliphatic carbocycles. The number of amides is 3. The smallest absolute Gasteiger partial charge is 0.254 e. The highest BCUT2D eigenvalue weighted by Gasteiger charge is 2.28. The van der Waals surface area contributed by atoms with E-state index in [1.165, 1.54) is 0 Å². The number of benzene rings is 1. The Kier molecular flexibility index (Phi) is 2.98. The zero-order valence-corrected chi connectivity index (χ0v) is 10.6. The highest BCUT2D eigenvalue weighted by atomic mass is 16.2. The van der Waals surface area contributed by atoms with Crippen LogP contribution in [0.5, 0.6) is 0 Å².